The average Bonchev–Trinajstić information content (AvgIpc) is 1.99. The third-order valence-corrected chi connectivity index (χ3v) is 2.00. The second-order valence-electron chi connectivity index (χ2n) is 2.23. The zero-order valence-electron chi connectivity index (χ0n) is 6.96. The number of methoxy groups -OCH3 is 2. The molecular formula is C7H13BrO3. The summed E-state index contributed by atoms with van der Waals surface area (Å²) in [5, 5.41) is 0. The first-order chi connectivity index (χ1) is 5.11. The predicted octanol–water partition coefficient (Wildman–Crippen LogP) is 1.35. The first-order valence-corrected chi connectivity index (χ1v) is 4.27. The van der Waals surface area contributed by atoms with E-state index in [9.17, 15) is 4.79 Å². The van der Waals surface area contributed by atoms with Crippen molar-refractivity contribution in [3.05, 3.63) is 0 Å². The van der Waals surface area contributed by atoms with Gasteiger partial charge in [-0.25, -0.2) is 0 Å². The molecule has 66 valence electrons. The zero-order chi connectivity index (χ0) is 8.85. The van der Waals surface area contributed by atoms with Crippen LogP contribution in [0, 0.1) is 0 Å². The van der Waals surface area contributed by atoms with Crippen LogP contribution in [0.1, 0.15) is 13.3 Å². The summed E-state index contributed by atoms with van der Waals surface area (Å²) in [7, 11) is 2.94. The fourth-order valence-corrected chi connectivity index (χ4v) is 1.08. The highest BCUT2D eigenvalue weighted by atomic mass is 79.9. The molecule has 0 radical (unpaired) electrons. The molecule has 4 heteroatoms. The largest absolute Gasteiger partial charge is 0.469 e. The standard InChI is InChI=1S/C7H13BrO3/c1-5(8)6(10-2)4-7(9)11-3/h5-6H,4H2,1-3H3. The van der Waals surface area contributed by atoms with E-state index in [-0.39, 0.29) is 16.9 Å². The van der Waals surface area contributed by atoms with Crippen molar-refractivity contribution < 1.29 is 14.3 Å². The first-order valence-electron chi connectivity index (χ1n) is 3.35. The number of hydrogen-bond donors (Lipinski definition) is 0. The third-order valence-electron chi connectivity index (χ3n) is 1.41. The van der Waals surface area contributed by atoms with Gasteiger partial charge >= 0.3 is 5.97 Å². The second kappa shape index (κ2) is 5.55. The molecule has 0 aliphatic carbocycles. The molecule has 0 saturated heterocycles. The van der Waals surface area contributed by atoms with Gasteiger partial charge in [0.1, 0.15) is 0 Å². The molecule has 0 aliphatic rings. The van der Waals surface area contributed by atoms with Gasteiger partial charge < -0.3 is 9.47 Å². The van der Waals surface area contributed by atoms with Crippen LogP contribution in [0.2, 0.25) is 0 Å². The maximum absolute atomic E-state index is 10.8. The number of carbonyl (C=O) groups is 1. The highest BCUT2D eigenvalue weighted by molar-refractivity contribution is 9.09. The van der Waals surface area contributed by atoms with Gasteiger partial charge in [-0.2, -0.15) is 0 Å². The van der Waals surface area contributed by atoms with E-state index in [1.165, 1.54) is 7.11 Å². The molecule has 0 rings (SSSR count). The fourth-order valence-electron chi connectivity index (χ4n) is 0.681. The van der Waals surface area contributed by atoms with Crippen LogP contribution in [0.25, 0.3) is 0 Å². The Bertz CT molecular complexity index is 125. The fraction of sp³-hybridized carbons (Fsp3) is 0.857. The van der Waals surface area contributed by atoms with Crippen molar-refractivity contribution in [1.29, 1.82) is 0 Å². The van der Waals surface area contributed by atoms with E-state index in [2.05, 4.69) is 20.7 Å². The molecular weight excluding hydrogens is 212 g/mol. The molecule has 11 heavy (non-hydrogen) atoms. The minimum atomic E-state index is -0.247. The number of esters is 1. The highest BCUT2D eigenvalue weighted by Crippen LogP contribution is 2.11. The Balaban J connectivity index is 3.78. The van der Waals surface area contributed by atoms with E-state index < -0.39 is 0 Å². The summed E-state index contributed by atoms with van der Waals surface area (Å²) in [6.45, 7) is 1.93. The Morgan fingerprint density at radius 1 is 1.55 bits per heavy atom. The quantitative estimate of drug-likeness (QED) is 0.535. The molecule has 0 aromatic carbocycles. The number of carbonyl (C=O) groups excluding carboxylic acids is 1. The Labute approximate surface area is 75.2 Å². The average molecular weight is 225 g/mol. The summed E-state index contributed by atoms with van der Waals surface area (Å²) in [5.74, 6) is -0.247. The van der Waals surface area contributed by atoms with Crippen LogP contribution in [-0.2, 0) is 14.3 Å². The van der Waals surface area contributed by atoms with Crippen molar-refractivity contribution in [3.8, 4) is 0 Å². The van der Waals surface area contributed by atoms with Crippen molar-refractivity contribution in [1.82, 2.24) is 0 Å². The van der Waals surface area contributed by atoms with Gasteiger partial charge in [0.15, 0.2) is 0 Å². The van der Waals surface area contributed by atoms with Gasteiger partial charge in [-0.1, -0.05) is 22.9 Å². The minimum Gasteiger partial charge on any atom is -0.469 e. The van der Waals surface area contributed by atoms with E-state index in [0.717, 1.165) is 0 Å². The minimum absolute atomic E-state index is 0.109. The summed E-state index contributed by atoms with van der Waals surface area (Å²) in [4.78, 5) is 10.9. The summed E-state index contributed by atoms with van der Waals surface area (Å²) >= 11 is 3.33. The van der Waals surface area contributed by atoms with Gasteiger partial charge in [-0.3, -0.25) is 4.79 Å². The van der Waals surface area contributed by atoms with Crippen LogP contribution >= 0.6 is 15.9 Å². The van der Waals surface area contributed by atoms with Crippen molar-refractivity contribution in [2.75, 3.05) is 14.2 Å². The molecule has 3 nitrogen and oxygen atoms in total. The van der Waals surface area contributed by atoms with Crippen LogP contribution in [0.15, 0.2) is 0 Å². The third kappa shape index (κ3) is 4.37. The summed E-state index contributed by atoms with van der Waals surface area (Å²) in [5.41, 5.74) is 0. The highest BCUT2D eigenvalue weighted by Gasteiger charge is 2.17. The lowest BCUT2D eigenvalue weighted by Gasteiger charge is -2.15. The topological polar surface area (TPSA) is 35.5 Å². The Kier molecular flexibility index (Phi) is 5.50. The van der Waals surface area contributed by atoms with Crippen molar-refractivity contribution in [2.24, 2.45) is 0 Å². The number of hydrogen-bond acceptors (Lipinski definition) is 3. The number of halogens is 1. The maximum atomic E-state index is 10.8. The van der Waals surface area contributed by atoms with Crippen molar-refractivity contribution >= 4 is 21.9 Å². The molecule has 0 heterocycles. The molecule has 0 aromatic heterocycles. The van der Waals surface area contributed by atoms with Gasteiger partial charge in [0.25, 0.3) is 0 Å². The van der Waals surface area contributed by atoms with Crippen LogP contribution in [-0.4, -0.2) is 31.1 Å². The van der Waals surface area contributed by atoms with Crippen molar-refractivity contribution in [2.45, 2.75) is 24.3 Å². The number of ether oxygens (including phenoxy) is 2. The van der Waals surface area contributed by atoms with E-state index >= 15 is 0 Å². The molecule has 0 aliphatic heterocycles. The molecule has 0 spiro atoms. The second-order valence-corrected chi connectivity index (χ2v) is 3.68. The first kappa shape index (κ1) is 10.9. The lowest BCUT2D eigenvalue weighted by Crippen LogP contribution is -2.24. The Hall–Kier alpha value is -0.0900. The zero-order valence-corrected chi connectivity index (χ0v) is 8.55. The van der Waals surface area contributed by atoms with Gasteiger partial charge in [-0.15, -0.1) is 0 Å². The molecule has 0 fully saturated rings. The maximum Gasteiger partial charge on any atom is 0.308 e. The van der Waals surface area contributed by atoms with E-state index in [4.69, 9.17) is 4.74 Å². The predicted molar refractivity (Wildman–Crippen MR) is 45.8 cm³/mol. The normalized spacial score (nSPS) is 15.6. The molecule has 0 amide bonds. The molecule has 2 atom stereocenters. The smallest absolute Gasteiger partial charge is 0.308 e. The number of alkyl halides is 1. The molecule has 0 saturated carbocycles. The van der Waals surface area contributed by atoms with Gasteiger partial charge in [0, 0.05) is 11.9 Å². The SMILES string of the molecule is COC(=O)CC(OC)C(C)Br. The van der Waals surface area contributed by atoms with Crippen molar-refractivity contribution in [3.63, 3.8) is 0 Å². The Morgan fingerprint density at radius 2 is 2.09 bits per heavy atom. The van der Waals surface area contributed by atoms with Crippen LogP contribution in [0.3, 0.4) is 0 Å². The van der Waals surface area contributed by atoms with Gasteiger partial charge in [-0.05, 0) is 0 Å². The van der Waals surface area contributed by atoms with Gasteiger partial charge in [0.05, 0.1) is 19.6 Å². The summed E-state index contributed by atoms with van der Waals surface area (Å²) < 4.78 is 9.53. The van der Waals surface area contributed by atoms with E-state index in [0.29, 0.717) is 6.42 Å². The molecule has 2 unspecified atom stereocenters. The van der Waals surface area contributed by atoms with Gasteiger partial charge in [0.2, 0.25) is 0 Å². The molecule has 0 aromatic rings. The van der Waals surface area contributed by atoms with Crippen LogP contribution < -0.4 is 0 Å². The Morgan fingerprint density at radius 3 is 2.36 bits per heavy atom. The molecule has 0 N–H and O–H groups in total. The summed E-state index contributed by atoms with van der Waals surface area (Å²) in [6, 6.07) is 0. The van der Waals surface area contributed by atoms with Crippen LogP contribution in [0.5, 0.6) is 0 Å². The van der Waals surface area contributed by atoms with Crippen LogP contribution in [0.4, 0.5) is 0 Å². The lowest BCUT2D eigenvalue weighted by molar-refractivity contribution is -0.143. The lowest BCUT2D eigenvalue weighted by atomic mass is 10.2. The summed E-state index contributed by atoms with van der Waals surface area (Å²) in [6.07, 6.45) is 0.182. The monoisotopic (exact) mass is 224 g/mol. The van der Waals surface area contributed by atoms with E-state index in [1.54, 1.807) is 7.11 Å². The molecule has 0 bridgehead atoms. The van der Waals surface area contributed by atoms with E-state index in [1.807, 2.05) is 6.92 Å². The number of rotatable bonds is 4.